The first kappa shape index (κ1) is 14.9. The van der Waals surface area contributed by atoms with Crippen molar-refractivity contribution in [3.63, 3.8) is 0 Å². The fraction of sp³-hybridized carbons (Fsp3) is 0. The summed E-state index contributed by atoms with van der Waals surface area (Å²) in [5, 5.41) is 10.5. The molecule has 0 saturated carbocycles. The standard InChI is InChI=1S/C14H10FNO4S/c15-21(19,20)14-9-5-12(6-10-14)2-1-11-3-7-13(8-4-11)16(17)18/h1-10H. The van der Waals surface area contributed by atoms with E-state index in [9.17, 15) is 22.4 Å². The molecule has 0 aliphatic carbocycles. The number of nitro benzene ring substituents is 1. The van der Waals surface area contributed by atoms with Gasteiger partial charge in [-0.3, -0.25) is 10.1 Å². The highest BCUT2D eigenvalue weighted by molar-refractivity contribution is 7.86. The number of halogens is 1. The molecule has 0 aliphatic heterocycles. The van der Waals surface area contributed by atoms with Crippen LogP contribution in [0.2, 0.25) is 0 Å². The van der Waals surface area contributed by atoms with E-state index in [-0.39, 0.29) is 5.69 Å². The van der Waals surface area contributed by atoms with Crippen LogP contribution >= 0.6 is 0 Å². The van der Waals surface area contributed by atoms with Crippen molar-refractivity contribution >= 4 is 28.1 Å². The van der Waals surface area contributed by atoms with E-state index >= 15 is 0 Å². The number of nitrogens with zero attached hydrogens (tertiary/aromatic N) is 1. The molecule has 0 heterocycles. The third-order valence-corrected chi connectivity index (χ3v) is 3.57. The Bertz CT molecular complexity index is 781. The van der Waals surface area contributed by atoms with Crippen LogP contribution in [0.25, 0.3) is 12.2 Å². The van der Waals surface area contributed by atoms with Crippen molar-refractivity contribution in [1.29, 1.82) is 0 Å². The molecule has 2 rings (SSSR count). The molecule has 0 radical (unpaired) electrons. The molecule has 108 valence electrons. The topological polar surface area (TPSA) is 77.3 Å². The molecule has 2 aromatic rings. The van der Waals surface area contributed by atoms with Gasteiger partial charge in [0, 0.05) is 12.1 Å². The van der Waals surface area contributed by atoms with E-state index < -0.39 is 20.0 Å². The summed E-state index contributed by atoms with van der Waals surface area (Å²) in [6.07, 6.45) is 3.40. The minimum absolute atomic E-state index is 0.00431. The highest BCUT2D eigenvalue weighted by atomic mass is 32.3. The van der Waals surface area contributed by atoms with Crippen LogP contribution in [0.4, 0.5) is 9.57 Å². The van der Waals surface area contributed by atoms with Crippen molar-refractivity contribution in [1.82, 2.24) is 0 Å². The maximum absolute atomic E-state index is 12.7. The van der Waals surface area contributed by atoms with Crippen LogP contribution in [0, 0.1) is 10.1 Å². The molecule has 0 fully saturated rings. The van der Waals surface area contributed by atoms with E-state index in [0.717, 1.165) is 5.56 Å². The summed E-state index contributed by atoms with van der Waals surface area (Å²) in [6.45, 7) is 0. The van der Waals surface area contributed by atoms with Gasteiger partial charge in [0.05, 0.1) is 9.82 Å². The second-order valence-corrected chi connectivity index (χ2v) is 5.54. The van der Waals surface area contributed by atoms with E-state index in [2.05, 4.69) is 0 Å². The van der Waals surface area contributed by atoms with Gasteiger partial charge in [0.25, 0.3) is 5.69 Å². The lowest BCUT2D eigenvalue weighted by Crippen LogP contribution is -1.90. The van der Waals surface area contributed by atoms with Crippen LogP contribution in [0.15, 0.2) is 53.4 Å². The quantitative estimate of drug-likeness (QED) is 0.375. The number of benzene rings is 2. The third kappa shape index (κ3) is 3.96. The number of non-ortho nitro benzene ring substituents is 1. The van der Waals surface area contributed by atoms with Crippen molar-refractivity contribution < 1.29 is 17.2 Å². The highest BCUT2D eigenvalue weighted by Crippen LogP contribution is 2.16. The molecule has 7 heteroatoms. The lowest BCUT2D eigenvalue weighted by Gasteiger charge is -1.97. The number of rotatable bonds is 4. The summed E-state index contributed by atoms with van der Waals surface area (Å²) in [5.74, 6) is 0. The molecule has 0 aromatic heterocycles. The molecule has 0 bridgehead atoms. The molecule has 0 saturated heterocycles. The van der Waals surface area contributed by atoms with Crippen LogP contribution in [-0.2, 0) is 10.2 Å². The zero-order valence-corrected chi connectivity index (χ0v) is 11.5. The first-order valence-corrected chi connectivity index (χ1v) is 7.22. The van der Waals surface area contributed by atoms with Crippen molar-refractivity contribution in [2.75, 3.05) is 0 Å². The first-order valence-electron chi connectivity index (χ1n) is 5.83. The first-order chi connectivity index (χ1) is 9.86. The Balaban J connectivity index is 2.15. The van der Waals surface area contributed by atoms with Gasteiger partial charge in [0.2, 0.25) is 0 Å². The van der Waals surface area contributed by atoms with Crippen LogP contribution in [0.3, 0.4) is 0 Å². The Morgan fingerprint density at radius 3 is 1.71 bits per heavy atom. The summed E-state index contributed by atoms with van der Waals surface area (Å²) < 4.78 is 34.0. The van der Waals surface area contributed by atoms with Gasteiger partial charge < -0.3 is 0 Å². The second-order valence-electron chi connectivity index (χ2n) is 4.19. The van der Waals surface area contributed by atoms with Crippen LogP contribution in [0.1, 0.15) is 11.1 Å². The van der Waals surface area contributed by atoms with Crippen LogP contribution < -0.4 is 0 Å². The molecule has 0 N–H and O–H groups in total. The Kier molecular flexibility index (Phi) is 4.13. The Morgan fingerprint density at radius 2 is 1.33 bits per heavy atom. The normalized spacial score (nSPS) is 11.7. The summed E-state index contributed by atoms with van der Waals surface area (Å²) in [7, 11) is -4.69. The van der Waals surface area contributed by atoms with Crippen molar-refractivity contribution in [2.24, 2.45) is 0 Å². The molecule has 0 unspecified atom stereocenters. The summed E-state index contributed by atoms with van der Waals surface area (Å²) in [5.41, 5.74) is 1.44. The van der Waals surface area contributed by atoms with E-state index in [1.165, 1.54) is 36.4 Å². The summed E-state index contributed by atoms with van der Waals surface area (Å²) in [6, 6.07) is 11.2. The third-order valence-electron chi connectivity index (χ3n) is 2.73. The SMILES string of the molecule is O=[N+]([O-])c1ccc(C=Cc2ccc(S(=O)(=O)F)cc2)cc1. The molecular formula is C14H10FNO4S. The fourth-order valence-electron chi connectivity index (χ4n) is 1.64. The van der Waals surface area contributed by atoms with Gasteiger partial charge in [-0.15, -0.1) is 3.89 Å². The van der Waals surface area contributed by atoms with Gasteiger partial charge in [0.15, 0.2) is 0 Å². The van der Waals surface area contributed by atoms with Gasteiger partial charge in [-0.1, -0.05) is 24.3 Å². The average Bonchev–Trinajstić information content (AvgIpc) is 2.45. The van der Waals surface area contributed by atoms with E-state index in [4.69, 9.17) is 0 Å². The minimum atomic E-state index is -4.69. The zero-order chi connectivity index (χ0) is 15.5. The monoisotopic (exact) mass is 307 g/mol. The zero-order valence-electron chi connectivity index (χ0n) is 10.6. The maximum atomic E-state index is 12.7. The van der Waals surface area contributed by atoms with Crippen molar-refractivity contribution in [2.45, 2.75) is 4.90 Å². The Labute approximate surface area is 120 Å². The molecule has 5 nitrogen and oxygen atoms in total. The maximum Gasteiger partial charge on any atom is 0.332 e. The number of hydrogen-bond donors (Lipinski definition) is 0. The number of nitro groups is 1. The second kappa shape index (κ2) is 5.84. The van der Waals surface area contributed by atoms with Crippen LogP contribution in [-0.4, -0.2) is 13.3 Å². The molecule has 21 heavy (non-hydrogen) atoms. The molecule has 0 aliphatic rings. The summed E-state index contributed by atoms with van der Waals surface area (Å²) in [4.78, 5) is 9.64. The van der Waals surface area contributed by atoms with E-state index in [0.29, 0.717) is 5.56 Å². The number of hydrogen-bond acceptors (Lipinski definition) is 4. The van der Waals surface area contributed by atoms with Crippen molar-refractivity contribution in [3.05, 3.63) is 69.8 Å². The summed E-state index contributed by atoms with van der Waals surface area (Å²) >= 11 is 0. The molecule has 0 spiro atoms. The minimum Gasteiger partial charge on any atom is -0.258 e. The largest absolute Gasteiger partial charge is 0.332 e. The fourth-order valence-corrected chi connectivity index (χ4v) is 2.10. The lowest BCUT2D eigenvalue weighted by atomic mass is 10.1. The van der Waals surface area contributed by atoms with Gasteiger partial charge in [-0.2, -0.15) is 8.42 Å². The van der Waals surface area contributed by atoms with Crippen molar-refractivity contribution in [3.8, 4) is 0 Å². The molecule has 0 atom stereocenters. The van der Waals surface area contributed by atoms with E-state index in [1.807, 2.05) is 0 Å². The van der Waals surface area contributed by atoms with Crippen LogP contribution in [0.5, 0.6) is 0 Å². The van der Waals surface area contributed by atoms with E-state index in [1.54, 1.807) is 24.3 Å². The predicted octanol–water partition coefficient (Wildman–Crippen LogP) is 3.42. The Morgan fingerprint density at radius 1 is 0.905 bits per heavy atom. The average molecular weight is 307 g/mol. The highest BCUT2D eigenvalue weighted by Gasteiger charge is 2.10. The lowest BCUT2D eigenvalue weighted by molar-refractivity contribution is -0.384. The molecule has 0 amide bonds. The van der Waals surface area contributed by atoms with Gasteiger partial charge in [-0.25, -0.2) is 0 Å². The Hall–Kier alpha value is -2.54. The smallest absolute Gasteiger partial charge is 0.258 e. The molecule has 2 aromatic carbocycles. The van der Waals surface area contributed by atoms with Gasteiger partial charge in [0.1, 0.15) is 0 Å². The molecular weight excluding hydrogens is 297 g/mol. The van der Waals surface area contributed by atoms with Gasteiger partial charge in [-0.05, 0) is 35.4 Å². The predicted molar refractivity (Wildman–Crippen MR) is 76.8 cm³/mol. The van der Waals surface area contributed by atoms with Gasteiger partial charge >= 0.3 is 10.2 Å².